The molecule has 2 N–H and O–H groups in total. The number of methoxy groups -OCH3 is 2. The van der Waals surface area contributed by atoms with E-state index in [0.717, 1.165) is 43.3 Å². The Morgan fingerprint density at radius 1 is 1.08 bits per heavy atom. The summed E-state index contributed by atoms with van der Waals surface area (Å²) < 4.78 is 15.8. The second-order valence-electron chi connectivity index (χ2n) is 4.93. The minimum atomic E-state index is 0. The van der Waals surface area contributed by atoms with Crippen molar-refractivity contribution >= 4 is 29.9 Å². The van der Waals surface area contributed by atoms with E-state index in [1.54, 1.807) is 14.2 Å². The normalized spacial score (nSPS) is 10.9. The van der Waals surface area contributed by atoms with Crippen molar-refractivity contribution in [3.8, 4) is 5.75 Å². The zero-order valence-corrected chi connectivity index (χ0v) is 17.2. The molecule has 0 aliphatic rings. The van der Waals surface area contributed by atoms with Crippen LogP contribution < -0.4 is 15.4 Å². The highest BCUT2D eigenvalue weighted by Gasteiger charge is 1.97. The molecule has 0 aromatic heterocycles. The Morgan fingerprint density at radius 2 is 1.83 bits per heavy atom. The predicted molar refractivity (Wildman–Crippen MR) is 109 cm³/mol. The van der Waals surface area contributed by atoms with Crippen LogP contribution in [0.1, 0.15) is 18.9 Å². The van der Waals surface area contributed by atoms with E-state index in [1.165, 1.54) is 0 Å². The molecule has 1 rings (SSSR count). The first-order chi connectivity index (χ1) is 11.3. The molecule has 0 bridgehead atoms. The lowest BCUT2D eigenvalue weighted by Gasteiger charge is -2.10. The molecule has 0 radical (unpaired) electrons. The third kappa shape index (κ3) is 10.7. The van der Waals surface area contributed by atoms with Crippen LogP contribution >= 0.6 is 24.0 Å². The van der Waals surface area contributed by atoms with Crippen molar-refractivity contribution in [2.75, 3.05) is 47.1 Å². The van der Waals surface area contributed by atoms with E-state index < -0.39 is 0 Å². The molecule has 0 fully saturated rings. The Bertz CT molecular complexity index is 441. The lowest BCUT2D eigenvalue weighted by molar-refractivity contribution is 0.120. The predicted octanol–water partition coefficient (Wildman–Crippen LogP) is 2.42. The van der Waals surface area contributed by atoms with Crippen LogP contribution in [0.15, 0.2) is 29.3 Å². The van der Waals surface area contributed by atoms with Crippen molar-refractivity contribution in [2.24, 2.45) is 4.99 Å². The first kappa shape index (κ1) is 22.9. The van der Waals surface area contributed by atoms with Crippen molar-refractivity contribution in [1.82, 2.24) is 10.6 Å². The third-order valence-electron chi connectivity index (χ3n) is 3.09. The van der Waals surface area contributed by atoms with Gasteiger partial charge in [0.15, 0.2) is 5.96 Å². The Kier molecular flexibility index (Phi) is 14.8. The minimum absolute atomic E-state index is 0. The first-order valence-electron chi connectivity index (χ1n) is 8.02. The highest BCUT2D eigenvalue weighted by molar-refractivity contribution is 14.0. The second kappa shape index (κ2) is 15.5. The van der Waals surface area contributed by atoms with Crippen LogP contribution in [0.25, 0.3) is 0 Å². The van der Waals surface area contributed by atoms with Gasteiger partial charge in [-0.3, -0.25) is 4.99 Å². The van der Waals surface area contributed by atoms with Crippen molar-refractivity contribution in [3.05, 3.63) is 29.8 Å². The molecule has 0 spiro atoms. The summed E-state index contributed by atoms with van der Waals surface area (Å²) in [5.74, 6) is 1.68. The average Bonchev–Trinajstić information content (AvgIpc) is 2.58. The van der Waals surface area contributed by atoms with Gasteiger partial charge in [0.1, 0.15) is 5.75 Å². The maximum atomic E-state index is 5.66. The molecule has 0 amide bonds. The van der Waals surface area contributed by atoms with E-state index in [4.69, 9.17) is 14.2 Å². The van der Waals surface area contributed by atoms with Gasteiger partial charge in [0.25, 0.3) is 0 Å². The molecule has 24 heavy (non-hydrogen) atoms. The summed E-state index contributed by atoms with van der Waals surface area (Å²) in [6.45, 7) is 6.32. The van der Waals surface area contributed by atoms with Gasteiger partial charge in [-0.05, 0) is 31.0 Å². The van der Waals surface area contributed by atoms with Gasteiger partial charge in [0.2, 0.25) is 0 Å². The fraction of sp³-hybridized carbons (Fsp3) is 0.588. The monoisotopic (exact) mass is 451 g/mol. The van der Waals surface area contributed by atoms with Crippen LogP contribution in [0.5, 0.6) is 5.75 Å². The smallest absolute Gasteiger partial charge is 0.191 e. The summed E-state index contributed by atoms with van der Waals surface area (Å²) in [7, 11) is 3.35. The quantitative estimate of drug-likeness (QED) is 0.234. The Morgan fingerprint density at radius 3 is 2.46 bits per heavy atom. The molecule has 7 heteroatoms. The Labute approximate surface area is 162 Å². The number of hydrogen-bond donors (Lipinski definition) is 2. The lowest BCUT2D eigenvalue weighted by atomic mass is 10.2. The van der Waals surface area contributed by atoms with Crippen molar-refractivity contribution < 1.29 is 14.2 Å². The maximum absolute atomic E-state index is 5.66. The summed E-state index contributed by atoms with van der Waals surface area (Å²) in [6.07, 6.45) is 0.886. The number of ether oxygens (including phenoxy) is 3. The van der Waals surface area contributed by atoms with Crippen LogP contribution in [-0.2, 0) is 16.1 Å². The molecule has 1 aromatic carbocycles. The fourth-order valence-corrected chi connectivity index (χ4v) is 1.88. The molecule has 0 unspecified atom stereocenters. The summed E-state index contributed by atoms with van der Waals surface area (Å²) >= 11 is 0. The van der Waals surface area contributed by atoms with E-state index in [1.807, 2.05) is 31.2 Å². The van der Waals surface area contributed by atoms with Crippen LogP contribution in [0, 0.1) is 0 Å². The molecule has 138 valence electrons. The van der Waals surface area contributed by atoms with Gasteiger partial charge in [0.05, 0.1) is 20.3 Å². The summed E-state index contributed by atoms with van der Waals surface area (Å²) in [4.78, 5) is 4.49. The fourth-order valence-electron chi connectivity index (χ4n) is 1.88. The number of aliphatic imine (C=N–C) groups is 1. The van der Waals surface area contributed by atoms with Crippen LogP contribution in [-0.4, -0.2) is 53.0 Å². The molecule has 0 heterocycles. The second-order valence-corrected chi connectivity index (χ2v) is 4.93. The van der Waals surface area contributed by atoms with E-state index in [9.17, 15) is 0 Å². The Balaban J connectivity index is 0.00000529. The summed E-state index contributed by atoms with van der Waals surface area (Å²) in [5, 5.41) is 6.41. The molecule has 0 saturated carbocycles. The highest BCUT2D eigenvalue weighted by Crippen LogP contribution is 2.11. The summed E-state index contributed by atoms with van der Waals surface area (Å²) in [5.41, 5.74) is 1.14. The molecular formula is C17H30IN3O3. The van der Waals surface area contributed by atoms with E-state index in [0.29, 0.717) is 19.8 Å². The largest absolute Gasteiger partial charge is 0.497 e. The number of rotatable bonds is 11. The molecule has 0 saturated heterocycles. The molecule has 0 atom stereocenters. The molecule has 6 nitrogen and oxygen atoms in total. The Hall–Kier alpha value is -1.06. The number of hydrogen-bond acceptors (Lipinski definition) is 4. The lowest BCUT2D eigenvalue weighted by Crippen LogP contribution is -2.39. The number of nitrogens with one attached hydrogen (secondary N) is 2. The van der Waals surface area contributed by atoms with E-state index in [2.05, 4.69) is 15.6 Å². The van der Waals surface area contributed by atoms with Crippen molar-refractivity contribution in [1.29, 1.82) is 0 Å². The zero-order chi connectivity index (χ0) is 16.8. The zero-order valence-electron chi connectivity index (χ0n) is 14.8. The van der Waals surface area contributed by atoms with E-state index in [-0.39, 0.29) is 24.0 Å². The number of guanidine groups is 1. The first-order valence-corrected chi connectivity index (χ1v) is 8.02. The molecule has 0 aliphatic heterocycles. The number of benzene rings is 1. The molecule has 0 aliphatic carbocycles. The maximum Gasteiger partial charge on any atom is 0.191 e. The minimum Gasteiger partial charge on any atom is -0.497 e. The van der Waals surface area contributed by atoms with Crippen LogP contribution in [0.4, 0.5) is 0 Å². The highest BCUT2D eigenvalue weighted by atomic mass is 127. The van der Waals surface area contributed by atoms with Gasteiger partial charge in [-0.25, -0.2) is 0 Å². The topological polar surface area (TPSA) is 64.1 Å². The third-order valence-corrected chi connectivity index (χ3v) is 3.09. The standard InChI is InChI=1S/C17H29N3O3.HI/c1-4-18-17(20-11-13-21-2)19-10-5-12-23-14-15-6-8-16(22-3)9-7-15;/h6-9H,4-5,10-14H2,1-3H3,(H2,18,19,20);1H. The number of nitrogens with zero attached hydrogens (tertiary/aromatic N) is 1. The van der Waals surface area contributed by atoms with E-state index >= 15 is 0 Å². The van der Waals surface area contributed by atoms with Gasteiger partial charge < -0.3 is 24.8 Å². The average molecular weight is 451 g/mol. The molecule has 1 aromatic rings. The van der Waals surface area contributed by atoms with Gasteiger partial charge >= 0.3 is 0 Å². The van der Waals surface area contributed by atoms with Crippen molar-refractivity contribution in [3.63, 3.8) is 0 Å². The molecular weight excluding hydrogens is 421 g/mol. The SMILES string of the molecule is CCNC(=NCCCOCc1ccc(OC)cc1)NCCOC.I. The van der Waals surface area contributed by atoms with Crippen LogP contribution in [0.2, 0.25) is 0 Å². The summed E-state index contributed by atoms with van der Waals surface area (Å²) in [6, 6.07) is 7.91. The van der Waals surface area contributed by atoms with Crippen molar-refractivity contribution in [2.45, 2.75) is 20.0 Å². The number of halogens is 1. The van der Waals surface area contributed by atoms with Gasteiger partial charge in [-0.15, -0.1) is 24.0 Å². The van der Waals surface area contributed by atoms with Crippen LogP contribution in [0.3, 0.4) is 0 Å². The van der Waals surface area contributed by atoms with Gasteiger partial charge in [-0.1, -0.05) is 12.1 Å². The van der Waals surface area contributed by atoms with Gasteiger partial charge in [-0.2, -0.15) is 0 Å². The van der Waals surface area contributed by atoms with Gasteiger partial charge in [0, 0.05) is 33.4 Å².